The van der Waals surface area contributed by atoms with Gasteiger partial charge in [0.25, 0.3) is 17.7 Å². The number of hydrogen-bond acceptors (Lipinski definition) is 7. The van der Waals surface area contributed by atoms with E-state index in [1.165, 1.54) is 54.6 Å². The number of benzene rings is 3. The van der Waals surface area contributed by atoms with E-state index in [4.69, 9.17) is 27.4 Å². The van der Waals surface area contributed by atoms with Gasteiger partial charge in [-0.05, 0) is 73.9 Å². The second-order valence-electron chi connectivity index (χ2n) is 10.4. The van der Waals surface area contributed by atoms with Crippen molar-refractivity contribution in [3.8, 4) is 5.75 Å². The number of hydrazine groups is 1. The average molecular weight is 642 g/mol. The molecule has 12 heteroatoms. The number of carbonyl (C=O) groups is 4. The van der Waals surface area contributed by atoms with Gasteiger partial charge in [0, 0.05) is 10.6 Å². The first-order chi connectivity index (χ1) is 20.4. The van der Waals surface area contributed by atoms with Gasteiger partial charge in [-0.3, -0.25) is 19.2 Å². The lowest BCUT2D eigenvalue weighted by Crippen LogP contribution is -2.52. The van der Waals surface area contributed by atoms with E-state index in [0.717, 1.165) is 15.6 Å². The molecular formula is C31H26Cl2N2O7S. The molecule has 222 valence electrons. The highest BCUT2D eigenvalue weighted by molar-refractivity contribution is 7.87. The monoisotopic (exact) mass is 640 g/mol. The molecule has 1 saturated heterocycles. The van der Waals surface area contributed by atoms with Crippen LogP contribution in [0.15, 0.2) is 83.8 Å². The van der Waals surface area contributed by atoms with Gasteiger partial charge in [-0.15, -0.1) is 0 Å². The molecule has 0 saturated carbocycles. The summed E-state index contributed by atoms with van der Waals surface area (Å²) in [6.45, 7) is 2.97. The van der Waals surface area contributed by atoms with Crippen molar-refractivity contribution in [2.45, 2.75) is 25.2 Å². The molecule has 0 radical (unpaired) electrons. The van der Waals surface area contributed by atoms with Crippen molar-refractivity contribution in [2.75, 3.05) is 6.54 Å². The minimum atomic E-state index is -4.12. The van der Waals surface area contributed by atoms with Gasteiger partial charge in [0.15, 0.2) is 5.78 Å². The van der Waals surface area contributed by atoms with E-state index in [9.17, 15) is 27.6 Å². The number of allylic oxidation sites excluding steroid dienone is 2. The van der Waals surface area contributed by atoms with Gasteiger partial charge in [0.2, 0.25) is 0 Å². The van der Waals surface area contributed by atoms with E-state index in [0.29, 0.717) is 6.42 Å². The van der Waals surface area contributed by atoms with Crippen LogP contribution in [0.4, 0.5) is 0 Å². The molecule has 43 heavy (non-hydrogen) atoms. The first kappa shape index (κ1) is 30.5. The molecule has 1 aliphatic carbocycles. The number of imide groups is 1. The number of amides is 3. The maximum absolute atomic E-state index is 13.8. The molecule has 3 aromatic carbocycles. The molecule has 3 aromatic rings. The molecular weight excluding hydrogens is 615 g/mol. The highest BCUT2D eigenvalue weighted by Gasteiger charge is 2.53. The van der Waals surface area contributed by atoms with E-state index < -0.39 is 52.0 Å². The van der Waals surface area contributed by atoms with Crippen LogP contribution in [0.2, 0.25) is 10.0 Å². The summed E-state index contributed by atoms with van der Waals surface area (Å²) < 4.78 is 30.5. The summed E-state index contributed by atoms with van der Waals surface area (Å²) in [5.41, 5.74) is 0.923. The predicted octanol–water partition coefficient (Wildman–Crippen LogP) is 5.51. The minimum absolute atomic E-state index is 0.0159. The van der Waals surface area contributed by atoms with Crippen LogP contribution in [0, 0.1) is 24.7 Å². The molecule has 3 amide bonds. The Hall–Kier alpha value is -3.99. The van der Waals surface area contributed by atoms with Gasteiger partial charge in [0.05, 0.1) is 22.4 Å². The zero-order valence-electron chi connectivity index (χ0n) is 23.1. The van der Waals surface area contributed by atoms with E-state index in [-0.39, 0.29) is 37.7 Å². The zero-order valence-corrected chi connectivity index (χ0v) is 25.4. The van der Waals surface area contributed by atoms with Crippen LogP contribution in [0.1, 0.15) is 39.6 Å². The predicted molar refractivity (Wildman–Crippen MR) is 159 cm³/mol. The van der Waals surface area contributed by atoms with Crippen molar-refractivity contribution in [3.63, 3.8) is 0 Å². The van der Waals surface area contributed by atoms with E-state index in [1.54, 1.807) is 12.1 Å². The molecule has 0 spiro atoms. The standard InChI is InChI=1S/C31H26Cl2N2O7S/c1-18-6-13-23(14-7-18)43(40,41)42-22-11-8-20(9-12-22)27(36)17-34(29(37)24-15-10-21(32)16-26(24)33)35-30(38)25-5-3-4-19(2)28(25)31(35)39/h3-4,6-16,19,25,28H,5,17H2,1-2H3/t19-,25+,28+/m0/s1. The fourth-order valence-electron chi connectivity index (χ4n) is 5.21. The molecule has 1 fully saturated rings. The molecule has 0 bridgehead atoms. The summed E-state index contributed by atoms with van der Waals surface area (Å²) in [7, 11) is -4.12. The van der Waals surface area contributed by atoms with Crippen molar-refractivity contribution in [2.24, 2.45) is 17.8 Å². The number of Topliss-reactive ketones (excluding diaryl/α,β-unsaturated/α-hetero) is 1. The summed E-state index contributed by atoms with van der Waals surface area (Å²) in [6.07, 6.45) is 4.02. The van der Waals surface area contributed by atoms with Crippen LogP contribution in [0.5, 0.6) is 5.75 Å². The summed E-state index contributed by atoms with van der Waals surface area (Å²) >= 11 is 12.3. The Labute approximate surface area is 258 Å². The molecule has 0 aromatic heterocycles. The van der Waals surface area contributed by atoms with Crippen LogP contribution in [0.3, 0.4) is 0 Å². The Kier molecular flexibility index (Phi) is 8.47. The SMILES string of the molecule is Cc1ccc(S(=O)(=O)Oc2ccc(C(=O)CN(C(=O)c3ccc(Cl)cc3Cl)N3C(=O)[C@@H]4[C@@H](C)C=CC[C@H]4C3=O)cc2)cc1. The number of carbonyl (C=O) groups excluding carboxylic acids is 4. The third-order valence-corrected chi connectivity index (χ3v) is 9.28. The molecule has 3 atom stereocenters. The van der Waals surface area contributed by atoms with E-state index in [2.05, 4.69) is 0 Å². The van der Waals surface area contributed by atoms with Crippen LogP contribution in [0.25, 0.3) is 0 Å². The Balaban J connectivity index is 1.41. The van der Waals surface area contributed by atoms with Crippen LogP contribution >= 0.6 is 23.2 Å². The second-order valence-corrected chi connectivity index (χ2v) is 12.8. The summed E-state index contributed by atoms with van der Waals surface area (Å²) in [4.78, 5) is 54.2. The van der Waals surface area contributed by atoms with E-state index in [1.807, 2.05) is 26.0 Å². The number of hydrogen-bond donors (Lipinski definition) is 0. The third-order valence-electron chi connectivity index (χ3n) is 7.47. The van der Waals surface area contributed by atoms with Gasteiger partial charge in [-0.25, -0.2) is 5.01 Å². The fourth-order valence-corrected chi connectivity index (χ4v) is 6.63. The lowest BCUT2D eigenvalue weighted by Gasteiger charge is -2.30. The average Bonchev–Trinajstić information content (AvgIpc) is 3.22. The van der Waals surface area contributed by atoms with Gasteiger partial charge in [-0.2, -0.15) is 13.4 Å². The quantitative estimate of drug-likeness (QED) is 0.138. The molecule has 1 heterocycles. The molecule has 0 unspecified atom stereocenters. The van der Waals surface area contributed by atoms with Gasteiger partial charge >= 0.3 is 10.1 Å². The van der Waals surface area contributed by atoms with Crippen LogP contribution in [-0.4, -0.2) is 48.5 Å². The third kappa shape index (κ3) is 6.08. The zero-order chi connectivity index (χ0) is 31.1. The van der Waals surface area contributed by atoms with Crippen molar-refractivity contribution < 1.29 is 31.8 Å². The first-order valence-corrected chi connectivity index (χ1v) is 15.5. The normalized spacial score (nSPS) is 19.7. The van der Waals surface area contributed by atoms with E-state index >= 15 is 0 Å². The largest absolute Gasteiger partial charge is 0.379 e. The van der Waals surface area contributed by atoms with Crippen LogP contribution in [-0.2, 0) is 19.7 Å². The Morgan fingerprint density at radius 2 is 1.65 bits per heavy atom. The second kappa shape index (κ2) is 11.9. The minimum Gasteiger partial charge on any atom is -0.379 e. The lowest BCUT2D eigenvalue weighted by atomic mass is 9.78. The number of halogens is 2. The number of fused-ring (bicyclic) bond motifs is 1. The van der Waals surface area contributed by atoms with Gasteiger partial charge in [0.1, 0.15) is 17.2 Å². The number of rotatable bonds is 8. The smallest absolute Gasteiger partial charge is 0.339 e. The molecule has 2 aliphatic rings. The highest BCUT2D eigenvalue weighted by atomic mass is 35.5. The molecule has 9 nitrogen and oxygen atoms in total. The topological polar surface area (TPSA) is 118 Å². The summed E-state index contributed by atoms with van der Waals surface area (Å²) in [5.74, 6) is -4.22. The number of ketones is 1. The molecule has 1 aliphatic heterocycles. The van der Waals surface area contributed by atoms with Crippen molar-refractivity contribution in [3.05, 3.63) is 106 Å². The highest BCUT2D eigenvalue weighted by Crippen LogP contribution is 2.39. The Morgan fingerprint density at radius 1 is 0.977 bits per heavy atom. The van der Waals surface area contributed by atoms with Crippen molar-refractivity contribution in [1.29, 1.82) is 0 Å². The summed E-state index contributed by atoms with van der Waals surface area (Å²) in [5, 5.41) is 1.84. The molecule has 0 N–H and O–H groups in total. The van der Waals surface area contributed by atoms with Crippen molar-refractivity contribution >= 4 is 56.8 Å². The Bertz CT molecular complexity index is 1760. The van der Waals surface area contributed by atoms with Crippen LogP contribution < -0.4 is 4.18 Å². The number of nitrogens with zero attached hydrogens (tertiary/aromatic N) is 2. The Morgan fingerprint density at radius 3 is 2.28 bits per heavy atom. The maximum Gasteiger partial charge on any atom is 0.339 e. The van der Waals surface area contributed by atoms with Gasteiger partial charge in [-0.1, -0.05) is 60.0 Å². The van der Waals surface area contributed by atoms with Gasteiger partial charge < -0.3 is 4.18 Å². The maximum atomic E-state index is 13.8. The van der Waals surface area contributed by atoms with Crippen molar-refractivity contribution in [1.82, 2.24) is 10.0 Å². The fraction of sp³-hybridized carbons (Fsp3) is 0.226. The number of aryl methyl sites for hydroxylation is 1. The summed E-state index contributed by atoms with van der Waals surface area (Å²) in [6, 6.07) is 15.5. The first-order valence-electron chi connectivity index (χ1n) is 13.3. The lowest BCUT2D eigenvalue weighted by molar-refractivity contribution is -0.154. The molecule has 5 rings (SSSR count).